The van der Waals surface area contributed by atoms with E-state index in [9.17, 15) is 13.2 Å². The van der Waals surface area contributed by atoms with Gasteiger partial charge in [0.25, 0.3) is 0 Å². The molecule has 146 valence electrons. The van der Waals surface area contributed by atoms with Crippen molar-refractivity contribution in [3.8, 4) is 5.75 Å². The summed E-state index contributed by atoms with van der Waals surface area (Å²) in [5.74, 6) is 0.684. The Balaban J connectivity index is 1.79. The van der Waals surface area contributed by atoms with Crippen molar-refractivity contribution in [1.82, 2.24) is 4.72 Å². The van der Waals surface area contributed by atoms with Crippen molar-refractivity contribution in [3.05, 3.63) is 54.1 Å². The van der Waals surface area contributed by atoms with Gasteiger partial charge in [-0.05, 0) is 63.1 Å². The van der Waals surface area contributed by atoms with Crippen LogP contribution in [0.4, 0.5) is 5.69 Å². The minimum atomic E-state index is -3.53. The van der Waals surface area contributed by atoms with Crippen molar-refractivity contribution in [1.29, 1.82) is 0 Å². The molecule has 7 heteroatoms. The molecule has 0 aliphatic rings. The second kappa shape index (κ2) is 9.53. The third-order valence-electron chi connectivity index (χ3n) is 3.74. The van der Waals surface area contributed by atoms with E-state index in [0.717, 1.165) is 11.3 Å². The van der Waals surface area contributed by atoms with E-state index >= 15 is 0 Å². The minimum Gasteiger partial charge on any atom is -0.493 e. The number of amides is 1. The Morgan fingerprint density at radius 1 is 1.07 bits per heavy atom. The summed E-state index contributed by atoms with van der Waals surface area (Å²) in [6.45, 7) is 5.95. The highest BCUT2D eigenvalue weighted by Gasteiger charge is 2.15. The standard InChI is InChI=1S/C20H26N2O4S/c1-15(2)22-27(24,25)18-12-10-17(11-13-18)21-20(23)9-6-14-26-19-8-5-4-7-16(19)3/h4-5,7-8,10-13,15,22H,6,9,14H2,1-3H3,(H,21,23). The van der Waals surface area contributed by atoms with E-state index in [4.69, 9.17) is 4.74 Å². The molecule has 0 fully saturated rings. The lowest BCUT2D eigenvalue weighted by Crippen LogP contribution is -2.30. The van der Waals surface area contributed by atoms with Gasteiger partial charge in [0.15, 0.2) is 0 Å². The van der Waals surface area contributed by atoms with Gasteiger partial charge in [-0.2, -0.15) is 0 Å². The highest BCUT2D eigenvalue weighted by molar-refractivity contribution is 7.89. The fourth-order valence-electron chi connectivity index (χ4n) is 2.45. The molecule has 0 atom stereocenters. The molecule has 0 bridgehead atoms. The van der Waals surface area contributed by atoms with Crippen LogP contribution >= 0.6 is 0 Å². The second-order valence-corrected chi connectivity index (χ2v) is 8.28. The number of carbonyl (C=O) groups is 1. The van der Waals surface area contributed by atoms with Crippen molar-refractivity contribution in [2.45, 2.75) is 44.6 Å². The highest BCUT2D eigenvalue weighted by Crippen LogP contribution is 2.17. The van der Waals surface area contributed by atoms with Gasteiger partial charge in [0.2, 0.25) is 15.9 Å². The van der Waals surface area contributed by atoms with Crippen molar-refractivity contribution in [3.63, 3.8) is 0 Å². The van der Waals surface area contributed by atoms with Crippen LogP contribution in [0.5, 0.6) is 5.75 Å². The number of aryl methyl sites for hydroxylation is 1. The van der Waals surface area contributed by atoms with Gasteiger partial charge >= 0.3 is 0 Å². The maximum Gasteiger partial charge on any atom is 0.240 e. The van der Waals surface area contributed by atoms with Crippen LogP contribution < -0.4 is 14.8 Å². The molecule has 27 heavy (non-hydrogen) atoms. The molecule has 6 nitrogen and oxygen atoms in total. The Labute approximate surface area is 161 Å². The van der Waals surface area contributed by atoms with Crippen LogP contribution in [0.25, 0.3) is 0 Å². The lowest BCUT2D eigenvalue weighted by Gasteiger charge is -2.11. The van der Waals surface area contributed by atoms with E-state index in [0.29, 0.717) is 25.1 Å². The smallest absolute Gasteiger partial charge is 0.240 e. The zero-order valence-electron chi connectivity index (χ0n) is 15.9. The van der Waals surface area contributed by atoms with E-state index in [-0.39, 0.29) is 16.8 Å². The number of benzene rings is 2. The Morgan fingerprint density at radius 3 is 2.37 bits per heavy atom. The molecule has 0 saturated heterocycles. The van der Waals surface area contributed by atoms with Crippen LogP contribution in [0.15, 0.2) is 53.4 Å². The monoisotopic (exact) mass is 390 g/mol. The maximum absolute atomic E-state index is 12.1. The molecule has 2 aromatic carbocycles. The summed E-state index contributed by atoms with van der Waals surface area (Å²) in [5, 5.41) is 2.76. The van der Waals surface area contributed by atoms with Crippen LogP contribution in [0.2, 0.25) is 0 Å². The summed E-state index contributed by atoms with van der Waals surface area (Å²) in [6, 6.07) is 13.7. The van der Waals surface area contributed by atoms with Crippen LogP contribution in [0.3, 0.4) is 0 Å². The van der Waals surface area contributed by atoms with Crippen molar-refractivity contribution >= 4 is 21.6 Å². The van der Waals surface area contributed by atoms with E-state index in [2.05, 4.69) is 10.0 Å². The molecule has 2 rings (SSSR count). The summed E-state index contributed by atoms with van der Waals surface area (Å²) in [4.78, 5) is 12.2. The molecule has 2 aromatic rings. The molecular weight excluding hydrogens is 364 g/mol. The number of hydrogen-bond acceptors (Lipinski definition) is 4. The molecule has 0 aromatic heterocycles. The number of carbonyl (C=O) groups excluding carboxylic acids is 1. The van der Waals surface area contributed by atoms with Crippen LogP contribution in [-0.2, 0) is 14.8 Å². The topological polar surface area (TPSA) is 84.5 Å². The summed E-state index contributed by atoms with van der Waals surface area (Å²) in [6.07, 6.45) is 0.909. The van der Waals surface area contributed by atoms with Gasteiger partial charge in [-0.3, -0.25) is 4.79 Å². The van der Waals surface area contributed by atoms with Gasteiger partial charge in [0, 0.05) is 18.2 Å². The summed E-state index contributed by atoms with van der Waals surface area (Å²) in [5.41, 5.74) is 1.62. The molecule has 1 amide bonds. The van der Waals surface area contributed by atoms with Gasteiger partial charge in [-0.1, -0.05) is 18.2 Å². The van der Waals surface area contributed by atoms with Crippen LogP contribution in [-0.4, -0.2) is 27.0 Å². The number of sulfonamides is 1. The Kier molecular flexibility index (Phi) is 7.38. The molecule has 0 radical (unpaired) electrons. The SMILES string of the molecule is Cc1ccccc1OCCCC(=O)Nc1ccc(S(=O)(=O)NC(C)C)cc1. The fourth-order valence-corrected chi connectivity index (χ4v) is 3.70. The predicted molar refractivity (Wildman–Crippen MR) is 106 cm³/mol. The number of anilines is 1. The summed E-state index contributed by atoms with van der Waals surface area (Å²) in [7, 11) is -3.53. The number of nitrogens with one attached hydrogen (secondary N) is 2. The van der Waals surface area contributed by atoms with Gasteiger partial charge < -0.3 is 10.1 Å². The van der Waals surface area contributed by atoms with Gasteiger partial charge in [0.05, 0.1) is 11.5 Å². The van der Waals surface area contributed by atoms with Crippen LogP contribution in [0, 0.1) is 6.92 Å². The minimum absolute atomic E-state index is 0.140. The second-order valence-electron chi connectivity index (χ2n) is 6.57. The average Bonchev–Trinajstić information content (AvgIpc) is 2.59. The molecule has 0 aliphatic heterocycles. The molecule has 0 spiro atoms. The summed E-state index contributed by atoms with van der Waals surface area (Å²) >= 11 is 0. The molecule has 0 unspecified atom stereocenters. The largest absolute Gasteiger partial charge is 0.493 e. The number of rotatable bonds is 9. The first-order valence-corrected chi connectivity index (χ1v) is 10.4. The van der Waals surface area contributed by atoms with Gasteiger partial charge in [0.1, 0.15) is 5.75 Å². The van der Waals surface area contributed by atoms with E-state index < -0.39 is 10.0 Å². The Hall–Kier alpha value is -2.38. The third-order valence-corrected chi connectivity index (χ3v) is 5.41. The molecule has 2 N–H and O–H groups in total. The maximum atomic E-state index is 12.1. The van der Waals surface area contributed by atoms with Crippen molar-refractivity contribution < 1.29 is 17.9 Å². The number of ether oxygens (including phenoxy) is 1. The average molecular weight is 391 g/mol. The number of para-hydroxylation sites is 1. The molecular formula is C20H26N2O4S. The zero-order valence-corrected chi connectivity index (χ0v) is 16.7. The van der Waals surface area contributed by atoms with Crippen molar-refractivity contribution in [2.75, 3.05) is 11.9 Å². The van der Waals surface area contributed by atoms with Crippen molar-refractivity contribution in [2.24, 2.45) is 0 Å². The van der Waals surface area contributed by atoms with Gasteiger partial charge in [-0.25, -0.2) is 13.1 Å². The zero-order chi connectivity index (χ0) is 19.9. The van der Waals surface area contributed by atoms with E-state index in [1.54, 1.807) is 26.0 Å². The van der Waals surface area contributed by atoms with Gasteiger partial charge in [-0.15, -0.1) is 0 Å². The fraction of sp³-hybridized carbons (Fsp3) is 0.350. The lowest BCUT2D eigenvalue weighted by molar-refractivity contribution is -0.116. The van der Waals surface area contributed by atoms with Crippen LogP contribution in [0.1, 0.15) is 32.3 Å². The first-order valence-electron chi connectivity index (χ1n) is 8.88. The molecule has 0 saturated carbocycles. The molecule has 0 heterocycles. The Morgan fingerprint density at radius 2 is 1.74 bits per heavy atom. The lowest BCUT2D eigenvalue weighted by atomic mass is 10.2. The third kappa shape index (κ3) is 6.69. The van der Waals surface area contributed by atoms with E-state index in [1.165, 1.54) is 12.1 Å². The predicted octanol–water partition coefficient (Wildman–Crippen LogP) is 3.48. The van der Waals surface area contributed by atoms with E-state index in [1.807, 2.05) is 31.2 Å². The normalized spacial score (nSPS) is 11.4. The highest BCUT2D eigenvalue weighted by atomic mass is 32.2. The quantitative estimate of drug-likeness (QED) is 0.642. The number of hydrogen-bond donors (Lipinski definition) is 2. The Bertz CT molecular complexity index is 862. The first kappa shape index (κ1) is 20.9. The summed E-state index contributed by atoms with van der Waals surface area (Å²) < 4.78 is 32.3. The molecule has 0 aliphatic carbocycles. The first-order chi connectivity index (χ1) is 12.8.